The molecule has 9 heavy (non-hydrogen) atoms. The summed E-state index contributed by atoms with van der Waals surface area (Å²) in [6.45, 7) is 4.16. The molecule has 0 aliphatic carbocycles. The zero-order valence-electron chi connectivity index (χ0n) is 5.83. The summed E-state index contributed by atoms with van der Waals surface area (Å²) < 4.78 is 0. The fourth-order valence-electron chi connectivity index (χ4n) is 0.693. The van der Waals surface area contributed by atoms with E-state index in [4.69, 9.17) is 0 Å². The topological polar surface area (TPSA) is 12.4 Å². The molecule has 1 nitrogen and oxygen atoms in total. The van der Waals surface area contributed by atoms with Crippen LogP contribution in [0.2, 0.25) is 0 Å². The molecule has 0 radical (unpaired) electrons. The molecule has 0 saturated heterocycles. The molecule has 0 aromatic heterocycles. The van der Waals surface area contributed by atoms with Crippen molar-refractivity contribution in [3.8, 4) is 0 Å². The van der Waals surface area contributed by atoms with Gasteiger partial charge in [-0.3, -0.25) is 4.99 Å². The second-order valence-electron chi connectivity index (χ2n) is 2.39. The third-order valence-electron chi connectivity index (χ3n) is 1.26. The van der Waals surface area contributed by atoms with Crippen LogP contribution >= 0.6 is 0 Å². The summed E-state index contributed by atoms with van der Waals surface area (Å²) in [5, 5.41) is 0. The van der Waals surface area contributed by atoms with Gasteiger partial charge in [-0.25, -0.2) is 0 Å². The van der Waals surface area contributed by atoms with E-state index in [1.165, 1.54) is 5.57 Å². The average molecular weight is 121 g/mol. The molecular weight excluding hydrogens is 110 g/mol. The van der Waals surface area contributed by atoms with E-state index >= 15 is 0 Å². The molecule has 1 heterocycles. The summed E-state index contributed by atoms with van der Waals surface area (Å²) in [7, 11) is 0. The summed E-state index contributed by atoms with van der Waals surface area (Å²) in [6, 6.07) is 0. The van der Waals surface area contributed by atoms with Crippen molar-refractivity contribution in [3.63, 3.8) is 0 Å². The molecule has 1 aliphatic heterocycles. The van der Waals surface area contributed by atoms with Crippen molar-refractivity contribution in [1.29, 1.82) is 0 Å². The van der Waals surface area contributed by atoms with Gasteiger partial charge in [-0.05, 0) is 12.5 Å². The third kappa shape index (κ3) is 1.84. The Labute approximate surface area is 55.8 Å². The first-order valence-electron chi connectivity index (χ1n) is 3.17. The molecule has 0 saturated carbocycles. The number of hydrogen-bond acceptors (Lipinski definition) is 1. The van der Waals surface area contributed by atoms with Gasteiger partial charge in [-0.15, -0.1) is 0 Å². The molecule has 48 valence electrons. The van der Waals surface area contributed by atoms with E-state index in [1.807, 2.05) is 19.3 Å². The second-order valence-corrected chi connectivity index (χ2v) is 2.39. The Morgan fingerprint density at radius 1 is 1.56 bits per heavy atom. The van der Waals surface area contributed by atoms with Gasteiger partial charge >= 0.3 is 0 Å². The molecule has 0 aromatic rings. The molecule has 0 aromatic carbocycles. The molecule has 1 unspecified atom stereocenters. The van der Waals surface area contributed by atoms with Crippen LogP contribution in [-0.4, -0.2) is 6.21 Å². The Bertz CT molecular complexity index is 175. The minimum absolute atomic E-state index is 0.485. The summed E-state index contributed by atoms with van der Waals surface area (Å²) in [5.41, 5.74) is 1.22. The molecule has 0 bridgehead atoms. The van der Waals surface area contributed by atoms with Crippen molar-refractivity contribution >= 4 is 6.21 Å². The van der Waals surface area contributed by atoms with Gasteiger partial charge < -0.3 is 0 Å². The van der Waals surface area contributed by atoms with E-state index in [2.05, 4.69) is 24.1 Å². The van der Waals surface area contributed by atoms with Crippen molar-refractivity contribution in [1.82, 2.24) is 0 Å². The van der Waals surface area contributed by atoms with Crippen LogP contribution in [0.4, 0.5) is 0 Å². The predicted molar refractivity (Wildman–Crippen MR) is 40.6 cm³/mol. The first kappa shape index (κ1) is 6.27. The quantitative estimate of drug-likeness (QED) is 0.465. The number of aliphatic imine (C=N–C) groups is 1. The third-order valence-corrected chi connectivity index (χ3v) is 1.26. The van der Waals surface area contributed by atoms with Crippen molar-refractivity contribution < 1.29 is 0 Å². The summed E-state index contributed by atoms with van der Waals surface area (Å²) in [6.07, 6.45) is 8.05. The van der Waals surface area contributed by atoms with Gasteiger partial charge in [0.25, 0.3) is 0 Å². The number of nitrogens with zero attached hydrogens (tertiary/aromatic N) is 1. The van der Waals surface area contributed by atoms with Gasteiger partial charge in [0.15, 0.2) is 0 Å². The standard InChI is InChI=1S/C8H11N/c1-7-3-4-8(2)6-9-5-7/h3-7H,1-2H3. The summed E-state index contributed by atoms with van der Waals surface area (Å²) in [5.74, 6) is 0.485. The van der Waals surface area contributed by atoms with Gasteiger partial charge in [-0.2, -0.15) is 0 Å². The Balaban J connectivity index is 2.75. The Hall–Kier alpha value is -0.850. The van der Waals surface area contributed by atoms with Gasteiger partial charge in [0.05, 0.1) is 0 Å². The van der Waals surface area contributed by atoms with Crippen molar-refractivity contribution in [3.05, 3.63) is 23.9 Å². The Morgan fingerprint density at radius 3 is 3.11 bits per heavy atom. The molecule has 0 spiro atoms. The van der Waals surface area contributed by atoms with Gasteiger partial charge in [0.1, 0.15) is 0 Å². The molecular formula is C8H11N. The van der Waals surface area contributed by atoms with Crippen molar-refractivity contribution in [2.45, 2.75) is 13.8 Å². The molecule has 1 atom stereocenters. The smallest absolute Gasteiger partial charge is 0.0293 e. The van der Waals surface area contributed by atoms with Gasteiger partial charge in [0, 0.05) is 18.3 Å². The fourth-order valence-corrected chi connectivity index (χ4v) is 0.693. The lowest BCUT2D eigenvalue weighted by atomic mass is 10.2. The summed E-state index contributed by atoms with van der Waals surface area (Å²) in [4.78, 5) is 4.08. The highest BCUT2D eigenvalue weighted by atomic mass is 14.7. The highest BCUT2D eigenvalue weighted by Crippen LogP contribution is 2.03. The molecule has 1 rings (SSSR count). The van der Waals surface area contributed by atoms with Crippen molar-refractivity contribution in [2.24, 2.45) is 10.9 Å². The van der Waals surface area contributed by atoms with E-state index in [0.717, 1.165) is 0 Å². The maximum Gasteiger partial charge on any atom is 0.0293 e. The lowest BCUT2D eigenvalue weighted by Gasteiger charge is -1.89. The minimum atomic E-state index is 0.485. The van der Waals surface area contributed by atoms with Gasteiger partial charge in [0.2, 0.25) is 0 Å². The molecule has 0 fully saturated rings. The normalized spacial score (nSPS) is 25.6. The second kappa shape index (κ2) is 2.62. The molecule has 1 aliphatic rings. The molecule has 0 amide bonds. The van der Waals surface area contributed by atoms with E-state index in [-0.39, 0.29) is 0 Å². The lowest BCUT2D eigenvalue weighted by molar-refractivity contribution is 1.03. The summed E-state index contributed by atoms with van der Waals surface area (Å²) >= 11 is 0. The van der Waals surface area contributed by atoms with E-state index < -0.39 is 0 Å². The van der Waals surface area contributed by atoms with E-state index in [9.17, 15) is 0 Å². The van der Waals surface area contributed by atoms with Crippen LogP contribution in [0.5, 0.6) is 0 Å². The largest absolute Gasteiger partial charge is 0.268 e. The SMILES string of the molecule is CC1=CN=CC(C)C=C1. The minimum Gasteiger partial charge on any atom is -0.268 e. The van der Waals surface area contributed by atoms with E-state index in [1.54, 1.807) is 0 Å². The van der Waals surface area contributed by atoms with Crippen LogP contribution in [0, 0.1) is 5.92 Å². The Kier molecular flexibility index (Phi) is 1.83. The first-order chi connectivity index (χ1) is 4.29. The van der Waals surface area contributed by atoms with E-state index in [0.29, 0.717) is 5.92 Å². The number of allylic oxidation sites excluding steroid dienone is 3. The highest BCUT2D eigenvalue weighted by molar-refractivity contribution is 5.64. The maximum absolute atomic E-state index is 4.08. The highest BCUT2D eigenvalue weighted by Gasteiger charge is 1.92. The lowest BCUT2D eigenvalue weighted by Crippen LogP contribution is -1.86. The fraction of sp³-hybridized carbons (Fsp3) is 0.375. The zero-order valence-corrected chi connectivity index (χ0v) is 5.83. The predicted octanol–water partition coefficient (Wildman–Crippen LogP) is 2.17. The first-order valence-corrected chi connectivity index (χ1v) is 3.17. The monoisotopic (exact) mass is 121 g/mol. The van der Waals surface area contributed by atoms with Crippen molar-refractivity contribution in [2.75, 3.05) is 0 Å². The molecule has 1 heteroatoms. The zero-order chi connectivity index (χ0) is 6.69. The van der Waals surface area contributed by atoms with Gasteiger partial charge in [-0.1, -0.05) is 19.1 Å². The van der Waals surface area contributed by atoms with Crippen LogP contribution in [0.25, 0.3) is 0 Å². The number of hydrogen-bond donors (Lipinski definition) is 0. The van der Waals surface area contributed by atoms with Crippen LogP contribution in [0.3, 0.4) is 0 Å². The van der Waals surface area contributed by atoms with Crippen LogP contribution in [0.15, 0.2) is 28.9 Å². The average Bonchev–Trinajstić information content (AvgIpc) is 1.97. The van der Waals surface area contributed by atoms with Crippen LogP contribution < -0.4 is 0 Å². The Morgan fingerprint density at radius 2 is 2.33 bits per heavy atom. The van der Waals surface area contributed by atoms with Crippen LogP contribution in [-0.2, 0) is 0 Å². The maximum atomic E-state index is 4.08. The number of rotatable bonds is 0. The van der Waals surface area contributed by atoms with Crippen LogP contribution in [0.1, 0.15) is 13.8 Å². The molecule has 0 N–H and O–H groups in total.